The zero-order valence-corrected chi connectivity index (χ0v) is 8.45. The van der Waals surface area contributed by atoms with Crippen LogP contribution in [-0.4, -0.2) is 19.1 Å². The fraction of sp³-hybridized carbons (Fsp3) is 0.500. The van der Waals surface area contributed by atoms with Gasteiger partial charge >= 0.3 is 0 Å². The van der Waals surface area contributed by atoms with Crippen LogP contribution in [-0.2, 0) is 0 Å². The van der Waals surface area contributed by atoms with Crippen molar-refractivity contribution >= 4 is 0 Å². The molecule has 0 spiro atoms. The van der Waals surface area contributed by atoms with Crippen molar-refractivity contribution < 1.29 is 0 Å². The summed E-state index contributed by atoms with van der Waals surface area (Å²) in [6.07, 6.45) is 2.24. The highest BCUT2D eigenvalue weighted by atomic mass is 14.9. The molecule has 1 fully saturated rings. The van der Waals surface area contributed by atoms with Crippen molar-refractivity contribution in [1.29, 1.82) is 0 Å². The third-order valence-electron chi connectivity index (χ3n) is 3.03. The van der Waals surface area contributed by atoms with Crippen molar-refractivity contribution in [3.8, 4) is 0 Å². The fourth-order valence-corrected chi connectivity index (χ4v) is 2.18. The van der Waals surface area contributed by atoms with Crippen LogP contribution in [0.1, 0.15) is 24.3 Å². The van der Waals surface area contributed by atoms with Crippen LogP contribution in [0.4, 0.5) is 0 Å². The van der Waals surface area contributed by atoms with Crippen molar-refractivity contribution in [1.82, 2.24) is 5.32 Å². The van der Waals surface area contributed by atoms with Crippen LogP contribution in [0.2, 0.25) is 0 Å². The lowest BCUT2D eigenvalue weighted by atomic mass is 9.88. The molecule has 2 rings (SSSR count). The lowest BCUT2D eigenvalue weighted by molar-refractivity contribution is 0.518. The molecule has 2 unspecified atom stereocenters. The molecule has 1 aliphatic rings. The number of hydrogen-bond acceptors (Lipinski definition) is 2. The molecule has 1 aliphatic heterocycles. The molecule has 0 saturated carbocycles. The molecule has 1 heterocycles. The van der Waals surface area contributed by atoms with Crippen LogP contribution < -0.4 is 11.1 Å². The molecular weight excluding hydrogens is 172 g/mol. The molecule has 1 aromatic rings. The Bertz CT molecular complexity index is 271. The maximum Gasteiger partial charge on any atom is 0.0120 e. The predicted molar refractivity (Wildman–Crippen MR) is 59.3 cm³/mol. The van der Waals surface area contributed by atoms with Gasteiger partial charge in [0.05, 0.1) is 0 Å². The van der Waals surface area contributed by atoms with Gasteiger partial charge in [-0.1, -0.05) is 30.3 Å². The molecule has 2 nitrogen and oxygen atoms in total. The summed E-state index contributed by atoms with van der Waals surface area (Å²) in [5.74, 6) is 0.534. The molecule has 0 amide bonds. The Labute approximate surface area is 85.5 Å². The van der Waals surface area contributed by atoms with Gasteiger partial charge in [-0.15, -0.1) is 0 Å². The van der Waals surface area contributed by atoms with Gasteiger partial charge in [-0.2, -0.15) is 0 Å². The quantitative estimate of drug-likeness (QED) is 0.704. The van der Waals surface area contributed by atoms with E-state index < -0.39 is 0 Å². The first-order chi connectivity index (χ1) is 6.88. The third-order valence-corrected chi connectivity index (χ3v) is 3.03. The maximum atomic E-state index is 6.17. The van der Waals surface area contributed by atoms with Crippen LogP contribution in [0.3, 0.4) is 0 Å². The number of nitrogens with one attached hydrogen (secondary N) is 1. The van der Waals surface area contributed by atoms with Crippen LogP contribution in [0, 0.1) is 0 Å². The number of rotatable bonds is 1. The highest BCUT2D eigenvalue weighted by Crippen LogP contribution is 2.24. The van der Waals surface area contributed by atoms with Crippen molar-refractivity contribution in [3.05, 3.63) is 35.9 Å². The molecule has 0 bridgehead atoms. The zero-order chi connectivity index (χ0) is 9.80. The van der Waals surface area contributed by atoms with Crippen LogP contribution in [0.25, 0.3) is 0 Å². The van der Waals surface area contributed by atoms with Gasteiger partial charge in [-0.3, -0.25) is 0 Å². The van der Waals surface area contributed by atoms with Crippen molar-refractivity contribution in [3.63, 3.8) is 0 Å². The van der Waals surface area contributed by atoms with Crippen molar-refractivity contribution in [2.24, 2.45) is 5.73 Å². The molecule has 76 valence electrons. The van der Waals surface area contributed by atoms with E-state index in [-0.39, 0.29) is 0 Å². The van der Waals surface area contributed by atoms with E-state index >= 15 is 0 Å². The molecule has 0 radical (unpaired) electrons. The minimum Gasteiger partial charge on any atom is -0.327 e. The van der Waals surface area contributed by atoms with E-state index in [4.69, 9.17) is 5.73 Å². The average molecular weight is 190 g/mol. The lowest BCUT2D eigenvalue weighted by Crippen LogP contribution is -2.28. The average Bonchev–Trinajstić information content (AvgIpc) is 2.44. The van der Waals surface area contributed by atoms with Gasteiger partial charge in [0.2, 0.25) is 0 Å². The van der Waals surface area contributed by atoms with Gasteiger partial charge in [0, 0.05) is 12.0 Å². The summed E-state index contributed by atoms with van der Waals surface area (Å²) in [5.41, 5.74) is 7.56. The topological polar surface area (TPSA) is 38.0 Å². The number of hydrogen-bond donors (Lipinski definition) is 2. The summed E-state index contributed by atoms with van der Waals surface area (Å²) < 4.78 is 0. The maximum absolute atomic E-state index is 6.17. The first-order valence-electron chi connectivity index (χ1n) is 5.39. The third kappa shape index (κ3) is 2.14. The smallest absolute Gasteiger partial charge is 0.0120 e. The van der Waals surface area contributed by atoms with E-state index in [0.717, 1.165) is 25.9 Å². The standard InChI is InChI=1S/C12H18N2/c13-12-7-9-14-8-6-11(12)10-4-2-1-3-5-10/h1-5,11-12,14H,6-9,13H2. The second kappa shape index (κ2) is 4.58. The lowest BCUT2D eigenvalue weighted by Gasteiger charge is -2.21. The summed E-state index contributed by atoms with van der Waals surface area (Å²) in [6.45, 7) is 2.15. The monoisotopic (exact) mass is 190 g/mol. The molecule has 0 aromatic heterocycles. The van der Waals surface area contributed by atoms with E-state index in [2.05, 4.69) is 35.6 Å². The van der Waals surface area contributed by atoms with E-state index in [1.807, 2.05) is 0 Å². The van der Waals surface area contributed by atoms with Crippen molar-refractivity contribution in [2.45, 2.75) is 24.8 Å². The zero-order valence-electron chi connectivity index (χ0n) is 8.45. The minimum atomic E-state index is 0.312. The second-order valence-electron chi connectivity index (χ2n) is 4.01. The summed E-state index contributed by atoms with van der Waals surface area (Å²) >= 11 is 0. The Hall–Kier alpha value is -0.860. The summed E-state index contributed by atoms with van der Waals surface area (Å²) in [5, 5.41) is 3.40. The van der Waals surface area contributed by atoms with Gasteiger partial charge in [0.1, 0.15) is 0 Å². The number of benzene rings is 1. The Morgan fingerprint density at radius 3 is 2.57 bits per heavy atom. The highest BCUT2D eigenvalue weighted by Gasteiger charge is 2.21. The van der Waals surface area contributed by atoms with Gasteiger partial charge in [0.25, 0.3) is 0 Å². The van der Waals surface area contributed by atoms with Gasteiger partial charge in [-0.25, -0.2) is 0 Å². The van der Waals surface area contributed by atoms with E-state index in [0.29, 0.717) is 12.0 Å². The molecular formula is C12H18N2. The van der Waals surface area contributed by atoms with Gasteiger partial charge in [0.15, 0.2) is 0 Å². The molecule has 1 aromatic carbocycles. The molecule has 0 aliphatic carbocycles. The van der Waals surface area contributed by atoms with E-state index in [1.54, 1.807) is 0 Å². The Morgan fingerprint density at radius 2 is 1.79 bits per heavy atom. The number of nitrogens with two attached hydrogens (primary N) is 1. The predicted octanol–water partition coefficient (Wildman–Crippen LogP) is 1.48. The van der Waals surface area contributed by atoms with Gasteiger partial charge in [-0.05, 0) is 31.5 Å². The molecule has 2 heteroatoms. The highest BCUT2D eigenvalue weighted by molar-refractivity contribution is 5.21. The fourth-order valence-electron chi connectivity index (χ4n) is 2.18. The Kier molecular flexibility index (Phi) is 3.17. The van der Waals surface area contributed by atoms with E-state index in [9.17, 15) is 0 Å². The normalized spacial score (nSPS) is 28.4. The molecule has 2 atom stereocenters. The van der Waals surface area contributed by atoms with E-state index in [1.165, 1.54) is 5.56 Å². The first kappa shape index (κ1) is 9.69. The van der Waals surface area contributed by atoms with Crippen molar-refractivity contribution in [2.75, 3.05) is 13.1 Å². The molecule has 3 N–H and O–H groups in total. The second-order valence-corrected chi connectivity index (χ2v) is 4.01. The minimum absolute atomic E-state index is 0.312. The Balaban J connectivity index is 2.15. The first-order valence-corrected chi connectivity index (χ1v) is 5.39. The van der Waals surface area contributed by atoms with Gasteiger partial charge < -0.3 is 11.1 Å². The Morgan fingerprint density at radius 1 is 1.07 bits per heavy atom. The van der Waals surface area contributed by atoms with Crippen LogP contribution in [0.15, 0.2) is 30.3 Å². The molecule has 1 saturated heterocycles. The SMILES string of the molecule is NC1CCNCCC1c1ccccc1. The molecule has 14 heavy (non-hydrogen) atoms. The summed E-state index contributed by atoms with van der Waals surface area (Å²) in [7, 11) is 0. The van der Waals surface area contributed by atoms with Crippen LogP contribution >= 0.6 is 0 Å². The van der Waals surface area contributed by atoms with Crippen LogP contribution in [0.5, 0.6) is 0 Å². The largest absolute Gasteiger partial charge is 0.327 e. The summed E-state index contributed by atoms with van der Waals surface area (Å²) in [4.78, 5) is 0. The summed E-state index contributed by atoms with van der Waals surface area (Å²) in [6, 6.07) is 10.9.